The van der Waals surface area contributed by atoms with Crippen molar-refractivity contribution in [3.05, 3.63) is 23.5 Å². The summed E-state index contributed by atoms with van der Waals surface area (Å²) in [4.78, 5) is 12.3. The number of ether oxygens (including phenoxy) is 4. The molecular formula is C19H28O10. The number of esters is 1. The van der Waals surface area contributed by atoms with Crippen molar-refractivity contribution in [2.45, 2.75) is 57.3 Å². The molecule has 0 spiro atoms. The summed E-state index contributed by atoms with van der Waals surface area (Å²) in [6.45, 7) is 2.67. The molecule has 0 aromatic carbocycles. The maximum absolute atomic E-state index is 12.3. The zero-order chi connectivity index (χ0) is 21.6. The van der Waals surface area contributed by atoms with E-state index in [1.54, 1.807) is 13.0 Å². The van der Waals surface area contributed by atoms with Crippen LogP contribution in [0.1, 0.15) is 20.3 Å². The van der Waals surface area contributed by atoms with Crippen LogP contribution in [0.15, 0.2) is 23.5 Å². The molecule has 0 aromatic rings. The molecule has 10 nitrogen and oxygen atoms in total. The number of aliphatic hydroxyl groups is 5. The highest BCUT2D eigenvalue weighted by Crippen LogP contribution is 2.61. The Kier molecular flexibility index (Phi) is 6.08. The van der Waals surface area contributed by atoms with Crippen molar-refractivity contribution in [1.82, 2.24) is 0 Å². The number of carbonyl (C=O) groups is 1. The summed E-state index contributed by atoms with van der Waals surface area (Å²) in [6, 6.07) is 0. The Labute approximate surface area is 167 Å². The van der Waals surface area contributed by atoms with Crippen LogP contribution in [0.4, 0.5) is 0 Å². The summed E-state index contributed by atoms with van der Waals surface area (Å²) < 4.78 is 21.8. The van der Waals surface area contributed by atoms with E-state index in [-0.39, 0.29) is 12.2 Å². The molecule has 0 bridgehead atoms. The quantitative estimate of drug-likeness (QED) is 0.265. The van der Waals surface area contributed by atoms with Crippen LogP contribution < -0.4 is 0 Å². The lowest BCUT2D eigenvalue weighted by atomic mass is 9.60. The molecule has 10 heteroatoms. The average molecular weight is 416 g/mol. The average Bonchev–Trinajstić information content (AvgIpc) is 2.99. The molecule has 0 amide bonds. The summed E-state index contributed by atoms with van der Waals surface area (Å²) in [5.74, 6) is -0.572. The van der Waals surface area contributed by atoms with Gasteiger partial charge in [0.05, 0.1) is 37.6 Å². The Balaban J connectivity index is 1.94. The highest BCUT2D eigenvalue weighted by molar-refractivity contribution is 5.90. The number of hydrogen-bond acceptors (Lipinski definition) is 10. The zero-order valence-corrected chi connectivity index (χ0v) is 16.5. The van der Waals surface area contributed by atoms with E-state index in [4.69, 9.17) is 18.9 Å². The predicted octanol–water partition coefficient (Wildman–Crippen LogP) is -1.45. The molecule has 1 saturated heterocycles. The molecule has 0 aromatic heterocycles. The maximum Gasteiger partial charge on any atom is 0.337 e. The smallest absolute Gasteiger partial charge is 0.337 e. The van der Waals surface area contributed by atoms with Crippen molar-refractivity contribution in [2.75, 3.05) is 20.3 Å². The number of methoxy groups -OCH3 is 1. The van der Waals surface area contributed by atoms with E-state index in [1.807, 2.05) is 6.92 Å². The largest absolute Gasteiger partial charge is 0.471 e. The number of hydrogen-bond donors (Lipinski definition) is 5. The molecule has 3 aliphatic rings. The van der Waals surface area contributed by atoms with E-state index >= 15 is 0 Å². The number of allylic oxidation sites excluding steroid dienone is 1. The van der Waals surface area contributed by atoms with Crippen LogP contribution in [-0.4, -0.2) is 88.8 Å². The molecule has 5 N–H and O–H groups in total. The molecule has 2 aliphatic heterocycles. The molecule has 0 saturated carbocycles. The molecule has 29 heavy (non-hydrogen) atoms. The number of carbonyl (C=O) groups excluding carboxylic acids is 1. The topological polar surface area (TPSA) is 155 Å². The SMILES string of the molecule is COC(=O)C1=CO[C@@H](O[C@H]2OC(CO)[C@@H](O)[C@H](O)C2O)[C@]2(C)C(CO)=CC[C@]12C. The fourth-order valence-corrected chi connectivity index (χ4v) is 4.38. The lowest BCUT2D eigenvalue weighted by Crippen LogP contribution is -2.61. The van der Waals surface area contributed by atoms with Gasteiger partial charge in [0.25, 0.3) is 0 Å². The summed E-state index contributed by atoms with van der Waals surface area (Å²) in [6.07, 6.45) is -4.96. The number of aliphatic hydroxyl groups excluding tert-OH is 5. The summed E-state index contributed by atoms with van der Waals surface area (Å²) in [7, 11) is 1.26. The fraction of sp³-hybridized carbons (Fsp3) is 0.737. The second-order valence-electron chi connectivity index (χ2n) is 7.95. The van der Waals surface area contributed by atoms with Crippen molar-refractivity contribution < 1.29 is 49.3 Å². The molecule has 3 rings (SSSR count). The third-order valence-electron chi connectivity index (χ3n) is 6.63. The normalized spacial score (nSPS) is 44.4. The molecule has 2 heterocycles. The van der Waals surface area contributed by atoms with Crippen LogP contribution in [0, 0.1) is 10.8 Å². The highest BCUT2D eigenvalue weighted by Gasteiger charge is 2.62. The van der Waals surface area contributed by atoms with Gasteiger partial charge in [-0.15, -0.1) is 0 Å². The minimum Gasteiger partial charge on any atom is -0.471 e. The van der Waals surface area contributed by atoms with Gasteiger partial charge in [-0.1, -0.05) is 13.0 Å². The molecule has 1 aliphatic carbocycles. The minimum atomic E-state index is -1.61. The Morgan fingerprint density at radius 2 is 1.90 bits per heavy atom. The van der Waals surface area contributed by atoms with E-state index in [9.17, 15) is 30.3 Å². The first kappa shape index (κ1) is 22.2. The van der Waals surface area contributed by atoms with E-state index in [2.05, 4.69) is 0 Å². The second kappa shape index (κ2) is 7.95. The van der Waals surface area contributed by atoms with Gasteiger partial charge in [-0.3, -0.25) is 0 Å². The lowest BCUT2D eigenvalue weighted by molar-refractivity contribution is -0.350. The third kappa shape index (κ3) is 3.19. The van der Waals surface area contributed by atoms with Crippen LogP contribution >= 0.6 is 0 Å². The van der Waals surface area contributed by atoms with E-state index in [0.717, 1.165) is 0 Å². The standard InChI is InChI=1S/C19H28O10/c1-18-5-4-9(6-20)19(18,2)17(27-8-10(18)15(25)26-3)29-16-14(24)13(23)12(22)11(7-21)28-16/h4,8,11-14,16-17,20-24H,5-7H2,1-3H3/t11?,12-,13+,14?,16-,17+,18-,19+/m1/s1. The lowest BCUT2D eigenvalue weighted by Gasteiger charge is -2.51. The van der Waals surface area contributed by atoms with Crippen molar-refractivity contribution in [3.8, 4) is 0 Å². The van der Waals surface area contributed by atoms with Gasteiger partial charge in [-0.2, -0.15) is 0 Å². The number of rotatable bonds is 5. The van der Waals surface area contributed by atoms with Crippen LogP contribution in [0.3, 0.4) is 0 Å². The van der Waals surface area contributed by atoms with Gasteiger partial charge in [-0.05, 0) is 18.9 Å². The first-order valence-electron chi connectivity index (χ1n) is 9.36. The van der Waals surface area contributed by atoms with Crippen molar-refractivity contribution >= 4 is 5.97 Å². The predicted molar refractivity (Wildman–Crippen MR) is 95.8 cm³/mol. The first-order chi connectivity index (χ1) is 13.6. The summed E-state index contributed by atoms with van der Waals surface area (Å²) >= 11 is 0. The fourth-order valence-electron chi connectivity index (χ4n) is 4.38. The van der Waals surface area contributed by atoms with Crippen LogP contribution in [0.25, 0.3) is 0 Å². The Bertz CT molecular complexity index is 703. The Morgan fingerprint density at radius 1 is 1.21 bits per heavy atom. The Hall–Kier alpha value is -1.53. The first-order valence-corrected chi connectivity index (χ1v) is 9.36. The molecule has 1 fully saturated rings. The van der Waals surface area contributed by atoms with Crippen LogP contribution in [-0.2, 0) is 23.7 Å². The minimum absolute atomic E-state index is 0.274. The van der Waals surface area contributed by atoms with Gasteiger partial charge in [0.15, 0.2) is 6.29 Å². The van der Waals surface area contributed by atoms with Crippen LogP contribution in [0.2, 0.25) is 0 Å². The van der Waals surface area contributed by atoms with Crippen molar-refractivity contribution in [2.24, 2.45) is 10.8 Å². The van der Waals surface area contributed by atoms with Gasteiger partial charge < -0.3 is 44.5 Å². The zero-order valence-electron chi connectivity index (χ0n) is 16.5. The van der Waals surface area contributed by atoms with E-state index in [0.29, 0.717) is 12.0 Å². The van der Waals surface area contributed by atoms with Crippen molar-refractivity contribution in [1.29, 1.82) is 0 Å². The van der Waals surface area contributed by atoms with Crippen molar-refractivity contribution in [3.63, 3.8) is 0 Å². The molecular weight excluding hydrogens is 388 g/mol. The van der Waals surface area contributed by atoms with Gasteiger partial charge >= 0.3 is 5.97 Å². The maximum atomic E-state index is 12.3. The molecule has 0 radical (unpaired) electrons. The van der Waals surface area contributed by atoms with E-state index in [1.165, 1.54) is 13.4 Å². The molecule has 2 unspecified atom stereocenters. The van der Waals surface area contributed by atoms with Gasteiger partial charge in [0, 0.05) is 5.41 Å². The monoisotopic (exact) mass is 416 g/mol. The second-order valence-corrected chi connectivity index (χ2v) is 7.95. The summed E-state index contributed by atoms with van der Waals surface area (Å²) in [5.41, 5.74) is -1.02. The van der Waals surface area contributed by atoms with Gasteiger partial charge in [0.2, 0.25) is 6.29 Å². The Morgan fingerprint density at radius 3 is 2.48 bits per heavy atom. The molecule has 8 atom stereocenters. The number of fused-ring (bicyclic) bond motifs is 1. The van der Waals surface area contributed by atoms with Gasteiger partial charge in [-0.25, -0.2) is 4.79 Å². The summed E-state index contributed by atoms with van der Waals surface area (Å²) in [5, 5.41) is 49.5. The molecule has 164 valence electrons. The highest BCUT2D eigenvalue weighted by atomic mass is 16.8. The van der Waals surface area contributed by atoms with Gasteiger partial charge in [0.1, 0.15) is 24.4 Å². The van der Waals surface area contributed by atoms with Crippen LogP contribution in [0.5, 0.6) is 0 Å². The third-order valence-corrected chi connectivity index (χ3v) is 6.63. The van der Waals surface area contributed by atoms with E-state index < -0.39 is 60.4 Å².